The van der Waals surface area contributed by atoms with E-state index in [0.717, 1.165) is 11.5 Å². The predicted molar refractivity (Wildman–Crippen MR) is 53.3 cm³/mol. The van der Waals surface area contributed by atoms with E-state index in [9.17, 15) is 4.79 Å². The molecular formula is C7H6N4O3S. The lowest BCUT2D eigenvalue weighted by molar-refractivity contribution is -0.129. The molecule has 1 heterocycles. The number of nitrogen functional groups attached to an aromatic ring is 1. The summed E-state index contributed by atoms with van der Waals surface area (Å²) in [6.07, 6.45) is 4.89. The number of nitrogens with zero attached hydrogens (tertiary/aromatic N) is 3. The van der Waals surface area contributed by atoms with Gasteiger partial charge in [0.2, 0.25) is 11.5 Å². The number of hydrogen-bond donors (Lipinski definition) is 2. The normalized spacial score (nSPS) is 10.7. The minimum atomic E-state index is -1.31. The van der Waals surface area contributed by atoms with Gasteiger partial charge in [0, 0.05) is 11.5 Å². The zero-order valence-electron chi connectivity index (χ0n) is 7.38. The molecule has 0 aliphatic carbocycles. The van der Waals surface area contributed by atoms with Crippen LogP contribution in [0.15, 0.2) is 5.16 Å². The molecule has 7 nitrogen and oxygen atoms in total. The highest BCUT2D eigenvalue weighted by atomic mass is 32.1. The van der Waals surface area contributed by atoms with Crippen molar-refractivity contribution in [2.24, 2.45) is 5.16 Å². The molecule has 0 saturated carbocycles. The summed E-state index contributed by atoms with van der Waals surface area (Å²) in [5.41, 5.74) is 4.86. The molecule has 8 heteroatoms. The van der Waals surface area contributed by atoms with Crippen LogP contribution in [0.3, 0.4) is 0 Å². The number of carbonyl (C=O) groups is 1. The molecule has 1 aromatic rings. The van der Waals surface area contributed by atoms with Crippen molar-refractivity contribution in [2.45, 2.75) is 0 Å². The zero-order chi connectivity index (χ0) is 11.3. The molecule has 0 fully saturated rings. The maximum atomic E-state index is 10.7. The molecule has 1 rings (SSSR count). The zero-order valence-corrected chi connectivity index (χ0v) is 8.19. The van der Waals surface area contributed by atoms with Gasteiger partial charge in [-0.1, -0.05) is 11.1 Å². The first-order valence-corrected chi connectivity index (χ1v) is 4.38. The molecule has 0 radical (unpaired) electrons. The molecule has 0 spiro atoms. The highest BCUT2D eigenvalue weighted by molar-refractivity contribution is 7.09. The average Bonchev–Trinajstić information content (AvgIpc) is 2.59. The van der Waals surface area contributed by atoms with Crippen molar-refractivity contribution in [3.63, 3.8) is 0 Å². The van der Waals surface area contributed by atoms with Crippen molar-refractivity contribution < 1.29 is 14.7 Å². The lowest BCUT2D eigenvalue weighted by atomic mass is 10.4. The van der Waals surface area contributed by atoms with Crippen LogP contribution in [-0.2, 0) is 9.63 Å². The third kappa shape index (κ3) is 2.92. The number of nitrogens with two attached hydrogens (primary N) is 1. The summed E-state index contributed by atoms with van der Waals surface area (Å²) >= 11 is 0.866. The number of rotatable bonds is 4. The summed E-state index contributed by atoms with van der Waals surface area (Å²) in [7, 11) is 0. The summed E-state index contributed by atoms with van der Waals surface area (Å²) < 4.78 is 3.68. The Labute approximate surface area is 88.7 Å². The lowest BCUT2D eigenvalue weighted by Crippen LogP contribution is -2.16. The van der Waals surface area contributed by atoms with E-state index in [2.05, 4.69) is 25.3 Å². The molecule has 78 valence electrons. The van der Waals surface area contributed by atoms with E-state index in [1.807, 2.05) is 0 Å². The average molecular weight is 226 g/mol. The number of carboxylic acid groups (broad SMARTS) is 1. The molecular weight excluding hydrogens is 220 g/mol. The molecule has 0 unspecified atom stereocenters. The van der Waals surface area contributed by atoms with Gasteiger partial charge in [-0.15, -0.1) is 6.42 Å². The fourth-order valence-corrected chi connectivity index (χ4v) is 1.08. The van der Waals surface area contributed by atoms with Crippen LogP contribution >= 0.6 is 11.5 Å². The van der Waals surface area contributed by atoms with Crippen LogP contribution in [0.4, 0.5) is 5.13 Å². The Balaban J connectivity index is 2.89. The Bertz CT molecular complexity index is 434. The highest BCUT2D eigenvalue weighted by Crippen LogP contribution is 2.07. The van der Waals surface area contributed by atoms with Gasteiger partial charge in [0.05, 0.1) is 0 Å². The molecule has 0 aliphatic heterocycles. The van der Waals surface area contributed by atoms with E-state index in [4.69, 9.17) is 17.3 Å². The Morgan fingerprint density at radius 2 is 2.53 bits per heavy atom. The van der Waals surface area contributed by atoms with E-state index in [1.54, 1.807) is 0 Å². The molecule has 3 N–H and O–H groups in total. The summed E-state index contributed by atoms with van der Waals surface area (Å²) in [4.78, 5) is 18.9. The number of oxime groups is 1. The second-order valence-electron chi connectivity index (χ2n) is 2.18. The molecule has 0 atom stereocenters. The van der Waals surface area contributed by atoms with Crippen molar-refractivity contribution in [3.05, 3.63) is 5.82 Å². The van der Waals surface area contributed by atoms with Crippen molar-refractivity contribution in [2.75, 3.05) is 12.3 Å². The predicted octanol–water partition coefficient (Wildman–Crippen LogP) is -0.441. The molecule has 0 saturated heterocycles. The Morgan fingerprint density at radius 1 is 1.80 bits per heavy atom. The first kappa shape index (κ1) is 10.9. The second kappa shape index (κ2) is 4.92. The van der Waals surface area contributed by atoms with Gasteiger partial charge >= 0.3 is 5.97 Å². The Hall–Kier alpha value is -2.14. The molecule has 0 amide bonds. The summed E-state index contributed by atoms with van der Waals surface area (Å²) in [5, 5.41) is 12.2. The fraction of sp³-hybridized carbons (Fsp3) is 0.143. The van der Waals surface area contributed by atoms with E-state index in [0.29, 0.717) is 0 Å². The van der Waals surface area contributed by atoms with E-state index < -0.39 is 11.7 Å². The summed E-state index contributed by atoms with van der Waals surface area (Å²) in [5.74, 6) is 0.723. The number of carboxylic acids is 1. The van der Waals surface area contributed by atoms with Gasteiger partial charge < -0.3 is 15.7 Å². The molecule has 0 aromatic carbocycles. The largest absolute Gasteiger partial charge is 0.476 e. The number of hydrogen-bond acceptors (Lipinski definition) is 7. The van der Waals surface area contributed by atoms with Crippen molar-refractivity contribution in [3.8, 4) is 12.3 Å². The van der Waals surface area contributed by atoms with E-state index in [1.165, 1.54) is 0 Å². The van der Waals surface area contributed by atoms with Crippen LogP contribution < -0.4 is 5.73 Å². The maximum Gasteiger partial charge on any atom is 0.362 e. The smallest absolute Gasteiger partial charge is 0.362 e. The Kier molecular flexibility index (Phi) is 3.59. The minimum Gasteiger partial charge on any atom is -0.476 e. The fourth-order valence-electron chi connectivity index (χ4n) is 0.641. The van der Waals surface area contributed by atoms with Crippen LogP contribution in [-0.4, -0.2) is 32.8 Å². The maximum absolute atomic E-state index is 10.7. The van der Waals surface area contributed by atoms with Gasteiger partial charge in [0.25, 0.3) is 0 Å². The van der Waals surface area contributed by atoms with Crippen molar-refractivity contribution in [1.82, 2.24) is 9.36 Å². The van der Waals surface area contributed by atoms with Gasteiger partial charge in [-0.3, -0.25) is 0 Å². The van der Waals surface area contributed by atoms with Crippen LogP contribution in [0, 0.1) is 12.3 Å². The third-order valence-electron chi connectivity index (χ3n) is 1.16. The van der Waals surface area contributed by atoms with E-state index in [-0.39, 0.29) is 17.6 Å². The first-order valence-electron chi connectivity index (χ1n) is 3.61. The van der Waals surface area contributed by atoms with Crippen molar-refractivity contribution >= 4 is 28.3 Å². The van der Waals surface area contributed by atoms with Crippen molar-refractivity contribution in [1.29, 1.82) is 0 Å². The molecule has 15 heavy (non-hydrogen) atoms. The van der Waals surface area contributed by atoms with Crippen LogP contribution in [0.1, 0.15) is 5.82 Å². The van der Waals surface area contributed by atoms with Crippen LogP contribution in [0.2, 0.25) is 0 Å². The lowest BCUT2D eigenvalue weighted by Gasteiger charge is -1.95. The number of anilines is 1. The third-order valence-corrected chi connectivity index (χ3v) is 1.70. The SMILES string of the molecule is C#CCON=C(C(=O)O)c1nsc(N)n1. The van der Waals surface area contributed by atoms with Gasteiger partial charge in [-0.05, 0) is 0 Å². The van der Waals surface area contributed by atoms with Crippen LogP contribution in [0.25, 0.3) is 0 Å². The van der Waals surface area contributed by atoms with Gasteiger partial charge in [0.15, 0.2) is 11.7 Å². The van der Waals surface area contributed by atoms with Gasteiger partial charge in [-0.25, -0.2) is 4.79 Å². The van der Waals surface area contributed by atoms with Gasteiger partial charge in [-0.2, -0.15) is 9.36 Å². The molecule has 0 aliphatic rings. The van der Waals surface area contributed by atoms with Gasteiger partial charge in [0.1, 0.15) is 0 Å². The Morgan fingerprint density at radius 3 is 3.00 bits per heavy atom. The van der Waals surface area contributed by atoms with E-state index >= 15 is 0 Å². The minimum absolute atomic E-state index is 0.0954. The monoisotopic (exact) mass is 226 g/mol. The summed E-state index contributed by atoms with van der Waals surface area (Å²) in [6, 6.07) is 0. The highest BCUT2D eigenvalue weighted by Gasteiger charge is 2.18. The standard InChI is InChI=1S/C7H6N4O3S/c1-2-3-14-10-4(6(12)13)5-9-7(8)15-11-5/h1H,3H2,(H,12,13)(H2,8,9,11). The molecule has 1 aromatic heterocycles. The first-order chi connectivity index (χ1) is 7.15. The summed E-state index contributed by atoms with van der Waals surface area (Å²) in [6.45, 7) is -0.129. The van der Waals surface area contributed by atoms with Crippen LogP contribution in [0.5, 0.6) is 0 Å². The molecule has 0 bridgehead atoms. The number of aliphatic carboxylic acids is 1. The topological polar surface area (TPSA) is 111 Å². The quantitative estimate of drug-likeness (QED) is 0.311. The second-order valence-corrected chi connectivity index (χ2v) is 2.96. The number of aromatic nitrogens is 2. The number of terminal acetylenes is 1.